The van der Waals surface area contributed by atoms with Crippen molar-refractivity contribution in [2.45, 2.75) is 46.6 Å². The average molecular weight is 385 g/mol. The Bertz CT molecular complexity index is 968. The summed E-state index contributed by atoms with van der Waals surface area (Å²) in [5.41, 5.74) is 3.21. The van der Waals surface area contributed by atoms with E-state index in [1.54, 1.807) is 0 Å². The second kappa shape index (κ2) is 7.35. The molecular formula is C22H25ClN2O2. The summed E-state index contributed by atoms with van der Waals surface area (Å²) in [7, 11) is 0. The molecular weight excluding hydrogens is 360 g/mol. The fourth-order valence-corrected chi connectivity index (χ4v) is 3.90. The summed E-state index contributed by atoms with van der Waals surface area (Å²) < 4.78 is 1.95. The van der Waals surface area contributed by atoms with Gasteiger partial charge < -0.3 is 5.11 Å². The number of hydrogen-bond donors (Lipinski definition) is 1. The monoisotopic (exact) mass is 384 g/mol. The van der Waals surface area contributed by atoms with Gasteiger partial charge in [-0.05, 0) is 23.5 Å². The molecule has 1 N–H and O–H groups in total. The lowest BCUT2D eigenvalue weighted by Gasteiger charge is -2.27. The van der Waals surface area contributed by atoms with E-state index in [0.29, 0.717) is 5.02 Å². The number of nitrogens with zero attached hydrogens (tertiary/aromatic N) is 2. The fraction of sp³-hybridized carbons (Fsp3) is 0.364. The molecule has 2 aromatic carbocycles. The number of hydrogen-bond acceptors (Lipinski definition) is 2. The molecule has 1 heterocycles. The lowest BCUT2D eigenvalue weighted by molar-refractivity contribution is -0.141. The number of rotatable bonds is 5. The minimum absolute atomic E-state index is 0.365. The van der Waals surface area contributed by atoms with Gasteiger partial charge in [-0.1, -0.05) is 75.7 Å². The van der Waals surface area contributed by atoms with Gasteiger partial charge in [-0.25, -0.2) is 0 Å². The highest BCUT2D eigenvalue weighted by Gasteiger charge is 2.32. The third-order valence-corrected chi connectivity index (χ3v) is 5.09. The van der Waals surface area contributed by atoms with Gasteiger partial charge in [0.05, 0.1) is 16.5 Å². The van der Waals surface area contributed by atoms with Crippen LogP contribution in [0, 0.1) is 5.41 Å². The Kier molecular flexibility index (Phi) is 5.29. The standard InChI is InChI=1S/C22H25ClN2O2/c1-5-13-25-20-16(7-6-8-17(20)23)19(24-25)15-11-9-14(10-12-15)18(21(26)27)22(2,3)4/h6-12,18H,5,13H2,1-4H3,(H,26,27). The van der Waals surface area contributed by atoms with Crippen molar-refractivity contribution in [1.82, 2.24) is 9.78 Å². The minimum atomic E-state index is -0.806. The third-order valence-electron chi connectivity index (χ3n) is 4.79. The summed E-state index contributed by atoms with van der Waals surface area (Å²) in [5.74, 6) is -1.37. The molecule has 5 heteroatoms. The number of carbonyl (C=O) groups is 1. The van der Waals surface area contributed by atoms with E-state index in [4.69, 9.17) is 16.7 Å². The third kappa shape index (κ3) is 3.72. The molecule has 1 unspecified atom stereocenters. The predicted molar refractivity (Wildman–Crippen MR) is 110 cm³/mol. The van der Waals surface area contributed by atoms with E-state index in [2.05, 4.69) is 6.92 Å². The molecule has 0 aliphatic rings. The maximum Gasteiger partial charge on any atom is 0.311 e. The number of aromatic nitrogens is 2. The predicted octanol–water partition coefficient (Wildman–Crippen LogP) is 5.98. The number of aliphatic carboxylic acids is 1. The molecule has 0 aliphatic carbocycles. The van der Waals surface area contributed by atoms with E-state index in [1.807, 2.05) is 67.9 Å². The first-order chi connectivity index (χ1) is 12.7. The average Bonchev–Trinajstić information content (AvgIpc) is 2.94. The molecule has 27 heavy (non-hydrogen) atoms. The van der Waals surface area contributed by atoms with Crippen molar-refractivity contribution in [3.05, 3.63) is 53.1 Å². The Labute approximate surface area is 164 Å². The van der Waals surface area contributed by atoms with Crippen molar-refractivity contribution in [2.24, 2.45) is 5.41 Å². The Balaban J connectivity index is 2.08. The fourth-order valence-electron chi connectivity index (χ4n) is 3.63. The van der Waals surface area contributed by atoms with Crippen LogP contribution in [0.5, 0.6) is 0 Å². The molecule has 4 nitrogen and oxygen atoms in total. The van der Waals surface area contributed by atoms with Crippen LogP contribution in [0.25, 0.3) is 22.2 Å². The normalized spacial score (nSPS) is 13.1. The molecule has 0 aliphatic heterocycles. The molecule has 0 saturated carbocycles. The van der Waals surface area contributed by atoms with Gasteiger partial charge in [0, 0.05) is 17.5 Å². The largest absolute Gasteiger partial charge is 0.481 e. The van der Waals surface area contributed by atoms with Crippen molar-refractivity contribution < 1.29 is 9.90 Å². The zero-order valence-electron chi connectivity index (χ0n) is 16.2. The van der Waals surface area contributed by atoms with E-state index in [1.165, 1.54) is 0 Å². The molecule has 0 saturated heterocycles. The Hall–Kier alpha value is -2.33. The van der Waals surface area contributed by atoms with Gasteiger partial charge in [0.1, 0.15) is 5.69 Å². The molecule has 3 rings (SSSR count). The van der Waals surface area contributed by atoms with Gasteiger partial charge in [0.2, 0.25) is 0 Å². The van der Waals surface area contributed by atoms with Crippen molar-refractivity contribution in [2.75, 3.05) is 0 Å². The van der Waals surface area contributed by atoms with Crippen LogP contribution in [0.15, 0.2) is 42.5 Å². The SMILES string of the molecule is CCCn1nc(-c2ccc(C(C(=O)O)C(C)(C)C)cc2)c2cccc(Cl)c21. The number of fused-ring (bicyclic) bond motifs is 1. The number of benzene rings is 2. The van der Waals surface area contributed by atoms with E-state index in [9.17, 15) is 9.90 Å². The molecule has 142 valence electrons. The maximum atomic E-state index is 11.8. The second-order valence-corrected chi connectivity index (χ2v) is 8.37. The van der Waals surface area contributed by atoms with Crippen molar-refractivity contribution in [3.63, 3.8) is 0 Å². The molecule has 1 aromatic heterocycles. The van der Waals surface area contributed by atoms with Gasteiger partial charge in [-0.15, -0.1) is 0 Å². The van der Waals surface area contributed by atoms with Crippen LogP contribution in [-0.4, -0.2) is 20.9 Å². The van der Waals surface area contributed by atoms with E-state index in [0.717, 1.165) is 40.7 Å². The van der Waals surface area contributed by atoms with Crippen molar-refractivity contribution in [3.8, 4) is 11.3 Å². The highest BCUT2D eigenvalue weighted by Crippen LogP contribution is 2.37. The zero-order valence-corrected chi connectivity index (χ0v) is 16.9. The number of carboxylic acid groups (broad SMARTS) is 1. The first-order valence-electron chi connectivity index (χ1n) is 9.22. The summed E-state index contributed by atoms with van der Waals surface area (Å²) in [6.07, 6.45) is 0.965. The molecule has 0 bridgehead atoms. The smallest absolute Gasteiger partial charge is 0.311 e. The van der Waals surface area contributed by atoms with Crippen molar-refractivity contribution in [1.29, 1.82) is 0 Å². The van der Waals surface area contributed by atoms with Gasteiger partial charge in [0.25, 0.3) is 0 Å². The summed E-state index contributed by atoms with van der Waals surface area (Å²) >= 11 is 6.42. The molecule has 0 radical (unpaired) electrons. The van der Waals surface area contributed by atoms with Crippen LogP contribution < -0.4 is 0 Å². The highest BCUT2D eigenvalue weighted by molar-refractivity contribution is 6.35. The van der Waals surface area contributed by atoms with E-state index >= 15 is 0 Å². The highest BCUT2D eigenvalue weighted by atomic mass is 35.5. The Morgan fingerprint density at radius 3 is 2.41 bits per heavy atom. The molecule has 0 spiro atoms. The van der Waals surface area contributed by atoms with Crippen LogP contribution in [0.4, 0.5) is 0 Å². The Morgan fingerprint density at radius 2 is 1.85 bits per heavy atom. The summed E-state index contributed by atoms with van der Waals surface area (Å²) in [5, 5.41) is 16.1. The zero-order chi connectivity index (χ0) is 19.8. The Morgan fingerprint density at radius 1 is 1.19 bits per heavy atom. The molecule has 3 aromatic rings. The van der Waals surface area contributed by atoms with Crippen molar-refractivity contribution >= 4 is 28.5 Å². The topological polar surface area (TPSA) is 55.1 Å². The van der Waals surface area contributed by atoms with Crippen LogP contribution in [0.2, 0.25) is 5.02 Å². The van der Waals surface area contributed by atoms with Gasteiger partial charge in [-0.2, -0.15) is 5.10 Å². The van der Waals surface area contributed by atoms with Gasteiger partial charge in [-0.3, -0.25) is 9.48 Å². The van der Waals surface area contributed by atoms with Gasteiger partial charge in [0.15, 0.2) is 0 Å². The lowest BCUT2D eigenvalue weighted by Crippen LogP contribution is -2.26. The quantitative estimate of drug-likeness (QED) is 0.588. The number of aryl methyl sites for hydroxylation is 1. The van der Waals surface area contributed by atoms with Crippen LogP contribution >= 0.6 is 11.6 Å². The molecule has 0 fully saturated rings. The summed E-state index contributed by atoms with van der Waals surface area (Å²) in [6, 6.07) is 13.5. The number of para-hydroxylation sites is 1. The first kappa shape index (κ1) is 19.4. The number of halogens is 1. The van der Waals surface area contributed by atoms with E-state index < -0.39 is 11.9 Å². The van der Waals surface area contributed by atoms with E-state index in [-0.39, 0.29) is 5.41 Å². The van der Waals surface area contributed by atoms with Gasteiger partial charge >= 0.3 is 5.97 Å². The lowest BCUT2D eigenvalue weighted by atomic mass is 9.76. The second-order valence-electron chi connectivity index (χ2n) is 7.97. The number of carboxylic acids is 1. The molecule has 0 amide bonds. The first-order valence-corrected chi connectivity index (χ1v) is 9.60. The van der Waals surface area contributed by atoms with Crippen LogP contribution in [-0.2, 0) is 11.3 Å². The minimum Gasteiger partial charge on any atom is -0.481 e. The maximum absolute atomic E-state index is 11.8. The van der Waals surface area contributed by atoms with Crippen LogP contribution in [0.1, 0.15) is 45.6 Å². The summed E-state index contributed by atoms with van der Waals surface area (Å²) in [6.45, 7) is 8.74. The van der Waals surface area contributed by atoms with Crippen LogP contribution in [0.3, 0.4) is 0 Å². The summed E-state index contributed by atoms with van der Waals surface area (Å²) in [4.78, 5) is 11.8. The molecule has 1 atom stereocenters.